The van der Waals surface area contributed by atoms with E-state index in [1.54, 1.807) is 0 Å². The van der Waals surface area contributed by atoms with Gasteiger partial charge in [-0.3, -0.25) is 9.59 Å². The highest BCUT2D eigenvalue weighted by Gasteiger charge is 2.34. The Bertz CT molecular complexity index is 810. The van der Waals surface area contributed by atoms with Crippen molar-refractivity contribution in [2.24, 2.45) is 5.92 Å². The van der Waals surface area contributed by atoms with Crippen molar-refractivity contribution in [2.75, 3.05) is 16.8 Å². The van der Waals surface area contributed by atoms with Gasteiger partial charge in [0.05, 0.1) is 0 Å². The van der Waals surface area contributed by atoms with E-state index in [2.05, 4.69) is 21.6 Å². The summed E-state index contributed by atoms with van der Waals surface area (Å²) in [6.07, 6.45) is 0.874. The number of aromatic nitrogens is 2. The molecule has 1 aliphatic heterocycles. The first-order valence-electron chi connectivity index (χ1n) is 8.83. The average Bonchev–Trinajstić information content (AvgIpc) is 3.12. The summed E-state index contributed by atoms with van der Waals surface area (Å²) in [6, 6.07) is 6.16. The first-order valence-corrected chi connectivity index (χ1v) is 9.65. The number of hydrogen-bond donors (Lipinski definition) is 1. The Morgan fingerprint density at radius 2 is 1.96 bits per heavy atom. The molecule has 1 aromatic carbocycles. The summed E-state index contributed by atoms with van der Waals surface area (Å²) in [4.78, 5) is 26.2. The zero-order valence-corrected chi connectivity index (χ0v) is 16.4. The van der Waals surface area contributed by atoms with E-state index < -0.39 is 0 Å². The third-order valence-corrected chi connectivity index (χ3v) is 5.27. The second-order valence-electron chi connectivity index (χ2n) is 7.34. The van der Waals surface area contributed by atoms with Crippen LogP contribution in [0.15, 0.2) is 18.2 Å². The van der Waals surface area contributed by atoms with Crippen LogP contribution in [0, 0.1) is 19.8 Å². The summed E-state index contributed by atoms with van der Waals surface area (Å²) in [6.45, 7) is 8.65. The van der Waals surface area contributed by atoms with E-state index in [4.69, 9.17) is 0 Å². The maximum Gasteiger partial charge on any atom is 0.227 e. The minimum absolute atomic E-state index is 0.0107. The molecule has 7 heteroatoms. The lowest BCUT2D eigenvalue weighted by molar-refractivity contribution is -0.117. The molecule has 0 aliphatic carbocycles. The van der Waals surface area contributed by atoms with Gasteiger partial charge >= 0.3 is 0 Å². The molecule has 0 saturated carbocycles. The van der Waals surface area contributed by atoms with E-state index in [-0.39, 0.29) is 17.7 Å². The quantitative estimate of drug-likeness (QED) is 0.869. The number of carbonyl (C=O) groups is 2. The van der Waals surface area contributed by atoms with Crippen molar-refractivity contribution >= 4 is 34.0 Å². The van der Waals surface area contributed by atoms with E-state index in [9.17, 15) is 9.59 Å². The smallest absolute Gasteiger partial charge is 0.227 e. The molecular weight excluding hydrogens is 348 g/mol. The largest absolute Gasteiger partial charge is 0.312 e. The molecular formula is C19H24N4O2S. The Morgan fingerprint density at radius 1 is 1.27 bits per heavy atom. The van der Waals surface area contributed by atoms with Crippen molar-refractivity contribution in [2.45, 2.75) is 46.5 Å². The van der Waals surface area contributed by atoms with Gasteiger partial charge in [0.1, 0.15) is 5.01 Å². The number of benzene rings is 1. The Labute approximate surface area is 157 Å². The molecule has 1 N–H and O–H groups in total. The van der Waals surface area contributed by atoms with Crippen molar-refractivity contribution in [1.82, 2.24) is 10.2 Å². The van der Waals surface area contributed by atoms with Crippen molar-refractivity contribution in [3.63, 3.8) is 0 Å². The maximum absolute atomic E-state index is 12.5. The summed E-state index contributed by atoms with van der Waals surface area (Å²) in [7, 11) is 0. The van der Waals surface area contributed by atoms with E-state index >= 15 is 0 Å². The van der Waals surface area contributed by atoms with Crippen molar-refractivity contribution in [3.05, 3.63) is 34.3 Å². The normalized spacial score (nSPS) is 17.2. The number of amides is 2. The van der Waals surface area contributed by atoms with Crippen LogP contribution < -0.4 is 10.2 Å². The van der Waals surface area contributed by atoms with Crippen LogP contribution >= 0.6 is 11.3 Å². The van der Waals surface area contributed by atoms with Gasteiger partial charge in [0, 0.05) is 31.0 Å². The fourth-order valence-corrected chi connectivity index (χ4v) is 4.07. The molecule has 0 spiro atoms. The molecule has 26 heavy (non-hydrogen) atoms. The summed E-state index contributed by atoms with van der Waals surface area (Å²) in [5, 5.41) is 12.4. The summed E-state index contributed by atoms with van der Waals surface area (Å²) < 4.78 is 0. The van der Waals surface area contributed by atoms with Gasteiger partial charge in [-0.15, -0.1) is 10.2 Å². The fourth-order valence-electron chi connectivity index (χ4n) is 3.22. The Hall–Kier alpha value is -2.28. The van der Waals surface area contributed by atoms with Gasteiger partial charge in [0.25, 0.3) is 0 Å². The molecule has 1 fully saturated rings. The van der Waals surface area contributed by atoms with Crippen LogP contribution in [0.5, 0.6) is 0 Å². The van der Waals surface area contributed by atoms with Gasteiger partial charge in [-0.05, 0) is 43.0 Å². The standard InChI is InChI=1S/C19H24N4O2S/c1-11(2)5-16(24)20-19-22-21-18(26-19)14-9-17(25)23(10-14)15-7-12(3)6-13(4)8-15/h6-8,11,14H,5,9-10H2,1-4H3,(H,20,22,24)/t14-/m1/s1. The second-order valence-corrected chi connectivity index (χ2v) is 8.35. The zero-order valence-electron chi connectivity index (χ0n) is 15.6. The molecule has 0 radical (unpaired) electrons. The van der Waals surface area contributed by atoms with Crippen LogP contribution in [-0.2, 0) is 9.59 Å². The van der Waals surface area contributed by atoms with Crippen molar-refractivity contribution in [3.8, 4) is 0 Å². The first kappa shape index (κ1) is 18.5. The number of nitrogens with zero attached hydrogens (tertiary/aromatic N) is 3. The number of nitrogens with one attached hydrogen (secondary N) is 1. The SMILES string of the molecule is Cc1cc(C)cc(N2C[C@H](c3nnc(NC(=O)CC(C)C)s3)CC2=O)c1. The molecule has 6 nitrogen and oxygen atoms in total. The number of hydrogen-bond acceptors (Lipinski definition) is 5. The Morgan fingerprint density at radius 3 is 2.62 bits per heavy atom. The molecule has 1 saturated heterocycles. The monoisotopic (exact) mass is 372 g/mol. The molecule has 1 atom stereocenters. The van der Waals surface area contributed by atoms with E-state index in [1.807, 2.05) is 44.7 Å². The van der Waals surface area contributed by atoms with Gasteiger partial charge in [0.15, 0.2) is 0 Å². The van der Waals surface area contributed by atoms with Gasteiger partial charge in [0.2, 0.25) is 16.9 Å². The molecule has 2 amide bonds. The van der Waals surface area contributed by atoms with Crippen LogP contribution in [0.1, 0.15) is 48.7 Å². The molecule has 3 rings (SSSR count). The third kappa shape index (κ3) is 4.27. The van der Waals surface area contributed by atoms with Gasteiger partial charge in [-0.25, -0.2) is 0 Å². The number of carbonyl (C=O) groups excluding carboxylic acids is 2. The third-order valence-electron chi connectivity index (χ3n) is 4.27. The minimum atomic E-state index is -0.0536. The molecule has 138 valence electrons. The molecule has 2 heterocycles. The van der Waals surface area contributed by atoms with Gasteiger partial charge < -0.3 is 10.2 Å². The molecule has 0 unspecified atom stereocenters. The first-order chi connectivity index (χ1) is 12.3. The molecule has 0 bridgehead atoms. The highest BCUT2D eigenvalue weighted by Crippen LogP contribution is 2.34. The van der Waals surface area contributed by atoms with Crippen molar-refractivity contribution < 1.29 is 9.59 Å². The highest BCUT2D eigenvalue weighted by molar-refractivity contribution is 7.15. The fraction of sp³-hybridized carbons (Fsp3) is 0.474. The van der Waals surface area contributed by atoms with Crippen LogP contribution in [0.4, 0.5) is 10.8 Å². The van der Waals surface area contributed by atoms with E-state index in [1.165, 1.54) is 11.3 Å². The van der Waals surface area contributed by atoms with Crippen LogP contribution in [0.2, 0.25) is 0 Å². The lowest BCUT2D eigenvalue weighted by atomic mass is 10.1. The average molecular weight is 372 g/mol. The lowest BCUT2D eigenvalue weighted by Crippen LogP contribution is -2.24. The molecule has 1 aliphatic rings. The summed E-state index contributed by atoms with van der Waals surface area (Å²) in [5.74, 6) is 0.348. The number of anilines is 2. The highest BCUT2D eigenvalue weighted by atomic mass is 32.1. The topological polar surface area (TPSA) is 75.2 Å². The predicted molar refractivity (Wildman–Crippen MR) is 104 cm³/mol. The van der Waals surface area contributed by atoms with Crippen LogP contribution in [-0.4, -0.2) is 28.6 Å². The molecule has 2 aromatic rings. The Kier molecular flexibility index (Phi) is 5.36. The van der Waals surface area contributed by atoms with Crippen LogP contribution in [0.25, 0.3) is 0 Å². The Balaban J connectivity index is 1.70. The molecule has 1 aromatic heterocycles. The van der Waals surface area contributed by atoms with E-state index in [0.29, 0.717) is 30.4 Å². The van der Waals surface area contributed by atoms with E-state index in [0.717, 1.165) is 21.8 Å². The predicted octanol–water partition coefficient (Wildman–Crippen LogP) is 3.66. The second kappa shape index (κ2) is 7.53. The summed E-state index contributed by atoms with van der Waals surface area (Å²) >= 11 is 1.36. The van der Waals surface area contributed by atoms with Crippen molar-refractivity contribution in [1.29, 1.82) is 0 Å². The summed E-state index contributed by atoms with van der Waals surface area (Å²) in [5.41, 5.74) is 3.22. The zero-order chi connectivity index (χ0) is 18.8. The van der Waals surface area contributed by atoms with Gasteiger partial charge in [-0.2, -0.15) is 0 Å². The maximum atomic E-state index is 12.5. The van der Waals surface area contributed by atoms with Crippen LogP contribution in [0.3, 0.4) is 0 Å². The lowest BCUT2D eigenvalue weighted by Gasteiger charge is -2.17. The number of aryl methyl sites for hydroxylation is 2. The van der Waals surface area contributed by atoms with Gasteiger partial charge in [-0.1, -0.05) is 31.3 Å². The minimum Gasteiger partial charge on any atom is -0.312 e. The number of rotatable bonds is 5.